The summed E-state index contributed by atoms with van der Waals surface area (Å²) >= 11 is 0. The second-order valence-electron chi connectivity index (χ2n) is 5.34. The number of carbonyl (C=O) groups is 1. The number of aliphatic hydroxyl groups is 1. The van der Waals surface area contributed by atoms with Gasteiger partial charge in [-0.25, -0.2) is 0 Å². The first-order chi connectivity index (χ1) is 9.41. The Morgan fingerprint density at radius 1 is 1.25 bits per heavy atom. The van der Waals surface area contributed by atoms with E-state index in [2.05, 4.69) is 5.32 Å². The van der Waals surface area contributed by atoms with Gasteiger partial charge < -0.3 is 15.5 Å². The molecule has 0 radical (unpaired) electrons. The van der Waals surface area contributed by atoms with Crippen LogP contribution in [0.2, 0.25) is 0 Å². The largest absolute Gasteiger partial charge is 0.481 e. The molecule has 0 aliphatic carbocycles. The first-order valence-electron chi connectivity index (χ1n) is 7.16. The van der Waals surface area contributed by atoms with E-state index in [1.165, 1.54) is 0 Å². The standard InChI is InChI=1S/C16H25NO3/c1-4-16(20,5-2)11-17-10-13-6-8-14(9-7-13)12(3)15(18)19/h6-9,12,17,20H,4-5,10-11H2,1-3H3,(H,18,19). The predicted octanol–water partition coefficient (Wildman–Crippen LogP) is 2.52. The second-order valence-corrected chi connectivity index (χ2v) is 5.34. The maximum Gasteiger partial charge on any atom is 0.310 e. The summed E-state index contributed by atoms with van der Waals surface area (Å²) in [6, 6.07) is 7.56. The lowest BCUT2D eigenvalue weighted by Crippen LogP contribution is -2.39. The Morgan fingerprint density at radius 3 is 2.25 bits per heavy atom. The SMILES string of the molecule is CCC(O)(CC)CNCc1ccc(C(C)C(=O)O)cc1. The van der Waals surface area contributed by atoms with Crippen LogP contribution in [0.15, 0.2) is 24.3 Å². The van der Waals surface area contributed by atoms with Crippen LogP contribution in [-0.4, -0.2) is 28.3 Å². The van der Waals surface area contributed by atoms with Gasteiger partial charge in [-0.2, -0.15) is 0 Å². The fraction of sp³-hybridized carbons (Fsp3) is 0.562. The van der Waals surface area contributed by atoms with Gasteiger partial charge in [-0.05, 0) is 30.9 Å². The summed E-state index contributed by atoms with van der Waals surface area (Å²) in [4.78, 5) is 10.9. The molecule has 1 rings (SSSR count). The molecule has 0 aromatic heterocycles. The van der Waals surface area contributed by atoms with Crippen molar-refractivity contribution < 1.29 is 15.0 Å². The molecular weight excluding hydrogens is 254 g/mol. The van der Waals surface area contributed by atoms with Crippen molar-refractivity contribution in [3.8, 4) is 0 Å². The van der Waals surface area contributed by atoms with Crippen molar-refractivity contribution in [2.75, 3.05) is 6.54 Å². The number of aliphatic carboxylic acids is 1. The van der Waals surface area contributed by atoms with Gasteiger partial charge in [-0.15, -0.1) is 0 Å². The molecule has 0 saturated heterocycles. The first kappa shape index (κ1) is 16.7. The Kier molecular flexibility index (Phi) is 6.17. The van der Waals surface area contributed by atoms with Crippen molar-refractivity contribution in [3.05, 3.63) is 35.4 Å². The van der Waals surface area contributed by atoms with Crippen molar-refractivity contribution in [2.24, 2.45) is 0 Å². The third-order valence-electron chi connectivity index (χ3n) is 3.95. The highest BCUT2D eigenvalue weighted by Gasteiger charge is 2.21. The van der Waals surface area contributed by atoms with E-state index in [1.807, 2.05) is 38.1 Å². The lowest BCUT2D eigenvalue weighted by atomic mass is 9.97. The van der Waals surface area contributed by atoms with Gasteiger partial charge in [0.15, 0.2) is 0 Å². The zero-order valence-electron chi connectivity index (χ0n) is 12.5. The van der Waals surface area contributed by atoms with E-state index in [0.717, 1.165) is 24.0 Å². The van der Waals surface area contributed by atoms with Crippen molar-refractivity contribution in [1.82, 2.24) is 5.32 Å². The van der Waals surface area contributed by atoms with E-state index >= 15 is 0 Å². The molecule has 0 saturated carbocycles. The number of rotatable bonds is 8. The van der Waals surface area contributed by atoms with Gasteiger partial charge in [0.05, 0.1) is 11.5 Å². The van der Waals surface area contributed by atoms with Crippen LogP contribution in [0, 0.1) is 0 Å². The number of benzene rings is 1. The molecule has 0 bridgehead atoms. The van der Waals surface area contributed by atoms with E-state index < -0.39 is 17.5 Å². The van der Waals surface area contributed by atoms with Crippen LogP contribution in [0.4, 0.5) is 0 Å². The molecule has 0 aliphatic rings. The summed E-state index contributed by atoms with van der Waals surface area (Å²) in [5, 5.41) is 22.4. The molecule has 0 heterocycles. The smallest absolute Gasteiger partial charge is 0.310 e. The third-order valence-corrected chi connectivity index (χ3v) is 3.95. The second kappa shape index (κ2) is 7.41. The Hall–Kier alpha value is -1.39. The quantitative estimate of drug-likeness (QED) is 0.684. The van der Waals surface area contributed by atoms with Crippen molar-refractivity contribution in [2.45, 2.75) is 51.7 Å². The molecule has 1 atom stereocenters. The van der Waals surface area contributed by atoms with Gasteiger partial charge in [0.1, 0.15) is 0 Å². The van der Waals surface area contributed by atoms with Crippen molar-refractivity contribution >= 4 is 5.97 Å². The summed E-state index contributed by atoms with van der Waals surface area (Å²) in [6.45, 7) is 6.87. The van der Waals surface area contributed by atoms with Crippen molar-refractivity contribution in [3.63, 3.8) is 0 Å². The molecule has 112 valence electrons. The van der Waals surface area contributed by atoms with Crippen LogP contribution in [0.1, 0.15) is 50.7 Å². The number of carboxylic acid groups (broad SMARTS) is 1. The van der Waals surface area contributed by atoms with Crippen LogP contribution < -0.4 is 5.32 Å². The van der Waals surface area contributed by atoms with Crippen LogP contribution in [0.3, 0.4) is 0 Å². The molecule has 1 unspecified atom stereocenters. The fourth-order valence-electron chi connectivity index (χ4n) is 2.01. The summed E-state index contributed by atoms with van der Waals surface area (Å²) in [7, 11) is 0. The summed E-state index contributed by atoms with van der Waals surface area (Å²) in [5.74, 6) is -1.30. The van der Waals surface area contributed by atoms with Gasteiger partial charge in [-0.1, -0.05) is 38.1 Å². The number of nitrogens with one attached hydrogen (secondary N) is 1. The normalized spacial score (nSPS) is 13.2. The highest BCUT2D eigenvalue weighted by atomic mass is 16.4. The Bertz CT molecular complexity index is 424. The maximum absolute atomic E-state index is 10.9. The molecule has 0 spiro atoms. The van der Waals surface area contributed by atoms with Gasteiger partial charge in [-0.3, -0.25) is 4.79 Å². The molecule has 4 nitrogen and oxygen atoms in total. The lowest BCUT2D eigenvalue weighted by molar-refractivity contribution is -0.138. The Morgan fingerprint density at radius 2 is 1.80 bits per heavy atom. The average Bonchev–Trinajstić information content (AvgIpc) is 2.47. The van der Waals surface area contributed by atoms with Gasteiger partial charge >= 0.3 is 5.97 Å². The molecule has 1 aromatic carbocycles. The van der Waals surface area contributed by atoms with E-state index in [9.17, 15) is 9.90 Å². The first-order valence-corrected chi connectivity index (χ1v) is 7.16. The Balaban J connectivity index is 2.52. The zero-order valence-corrected chi connectivity index (χ0v) is 12.5. The molecule has 3 N–H and O–H groups in total. The zero-order chi connectivity index (χ0) is 15.2. The summed E-state index contributed by atoms with van der Waals surface area (Å²) in [6.07, 6.45) is 1.46. The lowest BCUT2D eigenvalue weighted by Gasteiger charge is -2.25. The number of hydrogen-bond donors (Lipinski definition) is 3. The Labute approximate surface area is 120 Å². The molecule has 4 heteroatoms. The fourth-order valence-corrected chi connectivity index (χ4v) is 2.01. The van der Waals surface area contributed by atoms with Crippen LogP contribution >= 0.6 is 0 Å². The number of carboxylic acids is 1. The van der Waals surface area contributed by atoms with Crippen LogP contribution in [-0.2, 0) is 11.3 Å². The molecular formula is C16H25NO3. The minimum atomic E-state index is -0.813. The topological polar surface area (TPSA) is 69.6 Å². The van der Waals surface area contributed by atoms with E-state index in [0.29, 0.717) is 13.1 Å². The van der Waals surface area contributed by atoms with Gasteiger partial charge in [0.2, 0.25) is 0 Å². The van der Waals surface area contributed by atoms with Gasteiger partial charge in [0, 0.05) is 13.1 Å². The molecule has 0 fully saturated rings. The highest BCUT2D eigenvalue weighted by Crippen LogP contribution is 2.16. The molecule has 0 amide bonds. The third kappa shape index (κ3) is 4.62. The highest BCUT2D eigenvalue weighted by molar-refractivity contribution is 5.75. The summed E-state index contributed by atoms with van der Waals surface area (Å²) in [5.41, 5.74) is 1.25. The van der Waals surface area contributed by atoms with E-state index in [1.54, 1.807) is 6.92 Å². The molecule has 1 aromatic rings. The molecule has 0 aliphatic heterocycles. The monoisotopic (exact) mass is 279 g/mol. The van der Waals surface area contributed by atoms with Crippen LogP contribution in [0.25, 0.3) is 0 Å². The van der Waals surface area contributed by atoms with Gasteiger partial charge in [0.25, 0.3) is 0 Å². The summed E-state index contributed by atoms with van der Waals surface area (Å²) < 4.78 is 0. The maximum atomic E-state index is 10.9. The van der Waals surface area contributed by atoms with Crippen molar-refractivity contribution in [1.29, 1.82) is 0 Å². The van der Waals surface area contributed by atoms with Crippen LogP contribution in [0.5, 0.6) is 0 Å². The number of hydrogen-bond acceptors (Lipinski definition) is 3. The van der Waals surface area contributed by atoms with E-state index in [-0.39, 0.29) is 0 Å². The van der Waals surface area contributed by atoms with E-state index in [4.69, 9.17) is 5.11 Å². The average molecular weight is 279 g/mol. The predicted molar refractivity (Wildman–Crippen MR) is 79.7 cm³/mol. The minimum absolute atomic E-state index is 0.484. The molecule has 20 heavy (non-hydrogen) atoms. The minimum Gasteiger partial charge on any atom is -0.481 e.